The van der Waals surface area contributed by atoms with Gasteiger partial charge in [-0.25, -0.2) is 12.8 Å². The summed E-state index contributed by atoms with van der Waals surface area (Å²) in [6, 6.07) is 16.9. The highest BCUT2D eigenvalue weighted by molar-refractivity contribution is 7.91. The second kappa shape index (κ2) is 7.83. The Labute approximate surface area is 169 Å². The fourth-order valence-corrected chi connectivity index (χ4v) is 5.48. The molecule has 5 nitrogen and oxygen atoms in total. The fraction of sp³-hybridized carbons (Fsp3) is 0.227. The van der Waals surface area contributed by atoms with Crippen molar-refractivity contribution in [3.8, 4) is 11.1 Å². The van der Waals surface area contributed by atoms with E-state index in [9.17, 15) is 17.6 Å². The molecule has 3 aromatic rings. The molecule has 1 atom stereocenters. The molecule has 0 bridgehead atoms. The Bertz CT molecular complexity index is 1110. The van der Waals surface area contributed by atoms with Crippen LogP contribution in [0.2, 0.25) is 0 Å². The number of sulfone groups is 1. The van der Waals surface area contributed by atoms with Gasteiger partial charge in [0.05, 0.1) is 11.0 Å². The zero-order valence-corrected chi connectivity index (χ0v) is 16.5. The molecule has 2 heterocycles. The van der Waals surface area contributed by atoms with Crippen molar-refractivity contribution in [2.75, 3.05) is 18.8 Å². The molecule has 150 valence electrons. The van der Waals surface area contributed by atoms with Crippen molar-refractivity contribution in [2.24, 2.45) is 0 Å². The molecular weight excluding hydrogens is 391 g/mol. The summed E-state index contributed by atoms with van der Waals surface area (Å²) in [5.74, 6) is -0.620. The molecular formula is C22H21FN2O3S. The van der Waals surface area contributed by atoms with E-state index in [4.69, 9.17) is 0 Å². The van der Waals surface area contributed by atoms with Crippen molar-refractivity contribution in [1.82, 2.24) is 9.88 Å². The summed E-state index contributed by atoms with van der Waals surface area (Å²) in [7, 11) is -3.34. The number of nitrogens with one attached hydrogen (secondary N) is 1. The normalized spacial score (nSPS) is 18.9. The van der Waals surface area contributed by atoms with Crippen molar-refractivity contribution >= 4 is 15.7 Å². The number of rotatable bonds is 3. The molecule has 0 aliphatic carbocycles. The van der Waals surface area contributed by atoms with Crippen LogP contribution in [0, 0.1) is 5.82 Å². The van der Waals surface area contributed by atoms with Gasteiger partial charge in [-0.2, -0.15) is 0 Å². The van der Waals surface area contributed by atoms with Gasteiger partial charge in [0.15, 0.2) is 9.84 Å². The second-order valence-corrected chi connectivity index (χ2v) is 9.46. The van der Waals surface area contributed by atoms with E-state index < -0.39 is 15.1 Å². The first-order valence-electron chi connectivity index (χ1n) is 9.44. The van der Waals surface area contributed by atoms with Gasteiger partial charge in [-0.05, 0) is 41.3 Å². The van der Waals surface area contributed by atoms with E-state index in [1.165, 1.54) is 12.1 Å². The molecule has 0 radical (unpaired) electrons. The Hall–Kier alpha value is -2.93. The average molecular weight is 412 g/mol. The maximum atomic E-state index is 13.1. The standard InChI is InChI=1S/C22H21FN2O3S/c23-19-8-6-16(7-9-19)18-14-20(24-15-18)22(26)25-11-10-21(29(27,28)13-12-25)17-4-2-1-3-5-17/h1-9,14-15,21,24H,10-13H2. The molecule has 2 aromatic carbocycles. The molecule has 4 rings (SSSR count). The van der Waals surface area contributed by atoms with Gasteiger partial charge in [0, 0.05) is 19.3 Å². The number of benzene rings is 2. The van der Waals surface area contributed by atoms with Crippen LogP contribution in [-0.4, -0.2) is 43.1 Å². The van der Waals surface area contributed by atoms with Gasteiger partial charge in [0.1, 0.15) is 11.5 Å². The molecule has 1 unspecified atom stereocenters. The van der Waals surface area contributed by atoms with Crippen molar-refractivity contribution in [3.63, 3.8) is 0 Å². The predicted molar refractivity (Wildman–Crippen MR) is 110 cm³/mol. The monoisotopic (exact) mass is 412 g/mol. The van der Waals surface area contributed by atoms with Crippen LogP contribution in [0.15, 0.2) is 66.9 Å². The predicted octanol–water partition coefficient (Wildman–Crippen LogP) is 3.82. The number of carbonyl (C=O) groups excluding carboxylic acids is 1. The van der Waals surface area contributed by atoms with E-state index in [2.05, 4.69) is 4.98 Å². The van der Waals surface area contributed by atoms with E-state index in [0.717, 1.165) is 16.7 Å². The van der Waals surface area contributed by atoms with Crippen LogP contribution in [0.5, 0.6) is 0 Å². The highest BCUT2D eigenvalue weighted by Gasteiger charge is 2.33. The van der Waals surface area contributed by atoms with Crippen LogP contribution in [0.3, 0.4) is 0 Å². The van der Waals surface area contributed by atoms with Crippen LogP contribution in [-0.2, 0) is 9.84 Å². The van der Waals surface area contributed by atoms with E-state index in [0.29, 0.717) is 18.7 Å². The summed E-state index contributed by atoms with van der Waals surface area (Å²) in [4.78, 5) is 17.5. The van der Waals surface area contributed by atoms with Gasteiger partial charge in [-0.15, -0.1) is 0 Å². The minimum absolute atomic E-state index is 0.0656. The number of aromatic amines is 1. The first-order chi connectivity index (χ1) is 13.9. The fourth-order valence-electron chi connectivity index (χ4n) is 3.69. The van der Waals surface area contributed by atoms with Gasteiger partial charge in [-0.3, -0.25) is 4.79 Å². The Morgan fingerprint density at radius 2 is 1.72 bits per heavy atom. The van der Waals surface area contributed by atoms with Gasteiger partial charge in [0.25, 0.3) is 5.91 Å². The maximum absolute atomic E-state index is 13.1. The number of hydrogen-bond donors (Lipinski definition) is 1. The topological polar surface area (TPSA) is 70.2 Å². The first-order valence-corrected chi connectivity index (χ1v) is 11.2. The van der Waals surface area contributed by atoms with Crippen molar-refractivity contribution in [2.45, 2.75) is 11.7 Å². The van der Waals surface area contributed by atoms with E-state index in [1.807, 2.05) is 30.3 Å². The zero-order valence-electron chi connectivity index (χ0n) is 15.7. The SMILES string of the molecule is O=C(c1cc(-c2ccc(F)cc2)c[nH]1)N1CCC(c2ccccc2)S(=O)(=O)CC1. The minimum atomic E-state index is -3.34. The summed E-state index contributed by atoms with van der Waals surface area (Å²) in [5.41, 5.74) is 2.72. The lowest BCUT2D eigenvalue weighted by Crippen LogP contribution is -2.33. The van der Waals surface area contributed by atoms with Gasteiger partial charge < -0.3 is 9.88 Å². The van der Waals surface area contributed by atoms with E-state index >= 15 is 0 Å². The van der Waals surface area contributed by atoms with Gasteiger partial charge in [-0.1, -0.05) is 42.5 Å². The van der Waals surface area contributed by atoms with Crippen LogP contribution < -0.4 is 0 Å². The van der Waals surface area contributed by atoms with E-state index in [1.54, 1.807) is 29.3 Å². The molecule has 0 spiro atoms. The average Bonchev–Trinajstić information content (AvgIpc) is 3.15. The van der Waals surface area contributed by atoms with E-state index in [-0.39, 0.29) is 24.0 Å². The van der Waals surface area contributed by atoms with Crippen LogP contribution in [0.4, 0.5) is 4.39 Å². The number of carbonyl (C=O) groups is 1. The smallest absolute Gasteiger partial charge is 0.270 e. The molecule has 1 N–H and O–H groups in total. The molecule has 1 aromatic heterocycles. The number of nitrogens with zero attached hydrogens (tertiary/aromatic N) is 1. The number of hydrogen-bond acceptors (Lipinski definition) is 3. The largest absolute Gasteiger partial charge is 0.357 e. The van der Waals surface area contributed by atoms with Crippen LogP contribution in [0.1, 0.15) is 27.7 Å². The molecule has 1 fully saturated rings. The summed E-state index contributed by atoms with van der Waals surface area (Å²) in [6.07, 6.45) is 2.06. The Kier molecular flexibility index (Phi) is 5.24. The Balaban J connectivity index is 1.52. The van der Waals surface area contributed by atoms with Crippen LogP contribution >= 0.6 is 0 Å². The molecule has 29 heavy (non-hydrogen) atoms. The van der Waals surface area contributed by atoms with Gasteiger partial charge >= 0.3 is 0 Å². The van der Waals surface area contributed by atoms with Crippen molar-refractivity contribution in [1.29, 1.82) is 0 Å². The molecule has 1 aliphatic heterocycles. The Morgan fingerprint density at radius 1 is 1.00 bits per heavy atom. The third-order valence-corrected chi connectivity index (χ3v) is 7.42. The number of halogens is 1. The third kappa shape index (κ3) is 4.10. The minimum Gasteiger partial charge on any atom is -0.357 e. The molecule has 1 saturated heterocycles. The first kappa shape index (κ1) is 19.4. The highest BCUT2D eigenvalue weighted by Crippen LogP contribution is 2.30. The third-order valence-electron chi connectivity index (χ3n) is 5.29. The summed E-state index contributed by atoms with van der Waals surface area (Å²) in [5, 5.41) is -0.597. The quantitative estimate of drug-likeness (QED) is 0.711. The summed E-state index contributed by atoms with van der Waals surface area (Å²) in [6.45, 7) is 0.526. The zero-order chi connectivity index (χ0) is 20.4. The van der Waals surface area contributed by atoms with Gasteiger partial charge in [0.2, 0.25) is 0 Å². The number of amides is 1. The summed E-state index contributed by atoms with van der Waals surface area (Å²) >= 11 is 0. The lowest BCUT2D eigenvalue weighted by Gasteiger charge is -2.19. The van der Waals surface area contributed by atoms with Crippen molar-refractivity contribution < 1.29 is 17.6 Å². The Morgan fingerprint density at radius 3 is 2.45 bits per heavy atom. The van der Waals surface area contributed by atoms with Crippen LogP contribution in [0.25, 0.3) is 11.1 Å². The number of aromatic nitrogens is 1. The lowest BCUT2D eigenvalue weighted by atomic mass is 10.1. The second-order valence-electron chi connectivity index (χ2n) is 7.16. The lowest BCUT2D eigenvalue weighted by molar-refractivity contribution is 0.0761. The maximum Gasteiger partial charge on any atom is 0.270 e. The molecule has 7 heteroatoms. The molecule has 1 aliphatic rings. The van der Waals surface area contributed by atoms with Crippen molar-refractivity contribution in [3.05, 3.63) is 83.9 Å². The number of H-pyrrole nitrogens is 1. The summed E-state index contributed by atoms with van der Waals surface area (Å²) < 4.78 is 38.6. The molecule has 1 amide bonds. The molecule has 0 saturated carbocycles. The highest BCUT2D eigenvalue weighted by atomic mass is 32.2.